The van der Waals surface area contributed by atoms with Crippen molar-refractivity contribution in [3.8, 4) is 17.5 Å². The Morgan fingerprint density at radius 1 is 1.19 bits per heavy atom. The zero-order valence-electron chi connectivity index (χ0n) is 12.0. The second-order valence-electron chi connectivity index (χ2n) is 5.44. The quantitative estimate of drug-likeness (QED) is 0.820. The minimum atomic E-state index is -0.396. The van der Waals surface area contributed by atoms with Crippen LogP contribution in [0.4, 0.5) is 5.69 Å². The van der Waals surface area contributed by atoms with Gasteiger partial charge in [0.25, 0.3) is 0 Å². The van der Waals surface area contributed by atoms with Gasteiger partial charge in [0.15, 0.2) is 0 Å². The number of benzene rings is 1. The van der Waals surface area contributed by atoms with E-state index in [1.54, 1.807) is 24.3 Å². The first kappa shape index (κ1) is 15.9. The van der Waals surface area contributed by atoms with Crippen molar-refractivity contribution in [2.75, 3.05) is 5.73 Å². The van der Waals surface area contributed by atoms with E-state index in [1.807, 2.05) is 26.8 Å². The Balaban J connectivity index is 2.29. The molecule has 112 valence electrons. The van der Waals surface area contributed by atoms with Crippen molar-refractivity contribution < 1.29 is 9.47 Å². The molecule has 0 atom stereocenters. The highest BCUT2D eigenvalue weighted by molar-refractivity contribution is 9.10. The predicted molar refractivity (Wildman–Crippen MR) is 88.3 cm³/mol. The van der Waals surface area contributed by atoms with Crippen LogP contribution < -0.4 is 15.2 Å². The van der Waals surface area contributed by atoms with Gasteiger partial charge in [-0.25, -0.2) is 0 Å². The number of rotatable bonds is 3. The number of halogens is 2. The third kappa shape index (κ3) is 4.51. The number of nitrogens with zero attached hydrogens (tertiary/aromatic N) is 1. The second-order valence-corrected chi connectivity index (χ2v) is 6.76. The summed E-state index contributed by atoms with van der Waals surface area (Å²) in [7, 11) is 0. The van der Waals surface area contributed by atoms with Crippen LogP contribution in [0.2, 0.25) is 5.02 Å². The third-order valence-electron chi connectivity index (χ3n) is 2.37. The summed E-state index contributed by atoms with van der Waals surface area (Å²) in [5.41, 5.74) is 5.93. The number of hydrogen-bond acceptors (Lipinski definition) is 4. The highest BCUT2D eigenvalue weighted by Gasteiger charge is 2.16. The van der Waals surface area contributed by atoms with Crippen LogP contribution in [-0.4, -0.2) is 10.6 Å². The molecule has 0 aliphatic rings. The van der Waals surface area contributed by atoms with E-state index in [9.17, 15) is 0 Å². The predicted octanol–water partition coefficient (Wildman–Crippen LogP) is 5.05. The maximum Gasteiger partial charge on any atom is 0.241 e. The van der Waals surface area contributed by atoms with Crippen LogP contribution >= 0.6 is 27.5 Å². The molecule has 0 aliphatic carbocycles. The van der Waals surface area contributed by atoms with Crippen LogP contribution in [0.5, 0.6) is 17.5 Å². The minimum absolute atomic E-state index is 0.339. The summed E-state index contributed by atoms with van der Waals surface area (Å²) in [6.45, 7) is 5.77. The van der Waals surface area contributed by atoms with Crippen LogP contribution in [0, 0.1) is 0 Å². The van der Waals surface area contributed by atoms with Crippen molar-refractivity contribution >= 4 is 33.2 Å². The van der Waals surface area contributed by atoms with Gasteiger partial charge in [-0.15, -0.1) is 0 Å². The highest BCUT2D eigenvalue weighted by Crippen LogP contribution is 2.33. The lowest BCUT2D eigenvalue weighted by Crippen LogP contribution is -2.24. The summed E-state index contributed by atoms with van der Waals surface area (Å²) in [4.78, 5) is 4.28. The van der Waals surface area contributed by atoms with Crippen LogP contribution in [0.15, 0.2) is 34.8 Å². The molecule has 0 unspecified atom stereocenters. The van der Waals surface area contributed by atoms with Crippen molar-refractivity contribution in [1.29, 1.82) is 0 Å². The summed E-state index contributed by atoms with van der Waals surface area (Å²) in [5, 5.41) is 0.495. The molecule has 1 heterocycles. The fraction of sp³-hybridized carbons (Fsp3) is 0.267. The monoisotopic (exact) mass is 370 g/mol. The van der Waals surface area contributed by atoms with E-state index in [2.05, 4.69) is 20.9 Å². The number of ether oxygens (including phenoxy) is 2. The van der Waals surface area contributed by atoms with Gasteiger partial charge in [-0.05, 0) is 45.0 Å². The average Bonchev–Trinajstić information content (AvgIpc) is 2.36. The van der Waals surface area contributed by atoms with E-state index in [4.69, 9.17) is 26.8 Å². The standard InChI is InChI=1S/C15H16BrClN2O2/c1-15(2,3)21-14-11(18)6-7-13(19-14)20-12-8-9(16)4-5-10(12)17/h4-8H,18H2,1-3H3. The van der Waals surface area contributed by atoms with E-state index in [-0.39, 0.29) is 0 Å². The van der Waals surface area contributed by atoms with Gasteiger partial charge in [0.1, 0.15) is 11.4 Å². The SMILES string of the molecule is CC(C)(C)Oc1nc(Oc2cc(Br)ccc2Cl)ccc1N. The first-order chi connectivity index (χ1) is 9.74. The van der Waals surface area contributed by atoms with Crippen molar-refractivity contribution in [1.82, 2.24) is 4.98 Å². The van der Waals surface area contributed by atoms with E-state index in [1.165, 1.54) is 0 Å². The van der Waals surface area contributed by atoms with Gasteiger partial charge in [0, 0.05) is 10.5 Å². The molecule has 0 bridgehead atoms. The molecule has 4 nitrogen and oxygen atoms in total. The molecule has 1 aromatic heterocycles. The molecule has 2 aromatic rings. The number of nitrogens with two attached hydrogens (primary N) is 1. The summed E-state index contributed by atoms with van der Waals surface area (Å²) in [5.74, 6) is 1.21. The maximum atomic E-state index is 6.09. The Morgan fingerprint density at radius 3 is 2.57 bits per heavy atom. The van der Waals surface area contributed by atoms with Gasteiger partial charge in [0.05, 0.1) is 10.7 Å². The molecule has 0 radical (unpaired) electrons. The molecule has 0 saturated carbocycles. The maximum absolute atomic E-state index is 6.09. The van der Waals surface area contributed by atoms with Gasteiger partial charge in [-0.2, -0.15) is 4.98 Å². The lowest BCUT2D eigenvalue weighted by molar-refractivity contribution is 0.124. The van der Waals surface area contributed by atoms with Crippen LogP contribution in [0.1, 0.15) is 20.8 Å². The summed E-state index contributed by atoms with van der Waals surface area (Å²) in [6.07, 6.45) is 0. The number of pyridine rings is 1. The Kier molecular flexibility index (Phi) is 4.64. The summed E-state index contributed by atoms with van der Waals surface area (Å²) in [6, 6.07) is 8.70. The first-order valence-corrected chi connectivity index (χ1v) is 7.50. The molecular weight excluding hydrogens is 356 g/mol. The van der Waals surface area contributed by atoms with Crippen LogP contribution in [0.25, 0.3) is 0 Å². The fourth-order valence-electron chi connectivity index (χ4n) is 1.53. The molecule has 21 heavy (non-hydrogen) atoms. The molecule has 0 saturated heterocycles. The zero-order chi connectivity index (χ0) is 15.6. The Hall–Kier alpha value is -1.46. The van der Waals surface area contributed by atoms with Gasteiger partial charge >= 0.3 is 0 Å². The lowest BCUT2D eigenvalue weighted by atomic mass is 10.2. The molecule has 0 amide bonds. The number of nitrogen functional groups attached to an aromatic ring is 1. The lowest BCUT2D eigenvalue weighted by Gasteiger charge is -2.21. The molecule has 1 aromatic carbocycles. The van der Waals surface area contributed by atoms with E-state index in [0.717, 1.165) is 4.47 Å². The zero-order valence-corrected chi connectivity index (χ0v) is 14.3. The van der Waals surface area contributed by atoms with E-state index >= 15 is 0 Å². The molecule has 6 heteroatoms. The highest BCUT2D eigenvalue weighted by atomic mass is 79.9. The van der Waals surface area contributed by atoms with E-state index in [0.29, 0.717) is 28.2 Å². The molecule has 0 aliphatic heterocycles. The molecule has 0 fully saturated rings. The topological polar surface area (TPSA) is 57.4 Å². The van der Waals surface area contributed by atoms with Gasteiger partial charge in [0.2, 0.25) is 11.8 Å². The molecule has 0 spiro atoms. The second kappa shape index (κ2) is 6.12. The van der Waals surface area contributed by atoms with Crippen molar-refractivity contribution in [3.05, 3.63) is 39.8 Å². The van der Waals surface area contributed by atoms with E-state index < -0.39 is 5.60 Å². The summed E-state index contributed by atoms with van der Waals surface area (Å²) >= 11 is 9.47. The Labute approximate surface area is 137 Å². The van der Waals surface area contributed by atoms with Gasteiger partial charge in [-0.3, -0.25) is 0 Å². The van der Waals surface area contributed by atoms with Crippen molar-refractivity contribution in [3.63, 3.8) is 0 Å². The van der Waals surface area contributed by atoms with Crippen molar-refractivity contribution in [2.24, 2.45) is 0 Å². The normalized spacial score (nSPS) is 11.3. The number of hydrogen-bond donors (Lipinski definition) is 1. The van der Waals surface area contributed by atoms with Gasteiger partial charge in [-0.1, -0.05) is 27.5 Å². The Bertz CT molecular complexity index is 657. The minimum Gasteiger partial charge on any atom is -0.470 e. The number of aromatic nitrogens is 1. The molecule has 2 N–H and O–H groups in total. The Morgan fingerprint density at radius 2 is 1.90 bits per heavy atom. The average molecular weight is 372 g/mol. The summed E-state index contributed by atoms with van der Waals surface area (Å²) < 4.78 is 12.3. The van der Waals surface area contributed by atoms with Crippen LogP contribution in [0.3, 0.4) is 0 Å². The fourth-order valence-corrected chi connectivity index (χ4v) is 2.03. The largest absolute Gasteiger partial charge is 0.470 e. The van der Waals surface area contributed by atoms with Gasteiger partial charge < -0.3 is 15.2 Å². The number of anilines is 1. The molecular formula is C15H16BrClN2O2. The smallest absolute Gasteiger partial charge is 0.241 e. The molecule has 2 rings (SSSR count). The van der Waals surface area contributed by atoms with Crippen LogP contribution in [-0.2, 0) is 0 Å². The first-order valence-electron chi connectivity index (χ1n) is 6.33. The van der Waals surface area contributed by atoms with Crippen molar-refractivity contribution in [2.45, 2.75) is 26.4 Å². The third-order valence-corrected chi connectivity index (χ3v) is 3.18.